The first-order valence-electron chi connectivity index (χ1n) is 5.44. The summed E-state index contributed by atoms with van der Waals surface area (Å²) in [6, 6.07) is 6.72. The fourth-order valence-corrected chi connectivity index (χ4v) is 2.05. The summed E-state index contributed by atoms with van der Waals surface area (Å²) >= 11 is 6.09. The maximum atomic E-state index is 11.7. The highest BCUT2D eigenvalue weighted by atomic mass is 35.5. The van der Waals surface area contributed by atoms with Crippen molar-refractivity contribution in [3.63, 3.8) is 0 Å². The molecule has 1 heterocycles. The van der Waals surface area contributed by atoms with Gasteiger partial charge in [0.15, 0.2) is 0 Å². The molecular weight excluding hydrogens is 252 g/mol. The van der Waals surface area contributed by atoms with Gasteiger partial charge in [0, 0.05) is 6.07 Å². The van der Waals surface area contributed by atoms with E-state index >= 15 is 0 Å². The highest BCUT2D eigenvalue weighted by molar-refractivity contribution is 6.34. The summed E-state index contributed by atoms with van der Waals surface area (Å²) in [7, 11) is 0. The topological polar surface area (TPSA) is 54.3 Å². The standard InChI is InChI=1S/C13H13ClN2O2/c1-8-6-9(2)12(10(14)7-8)16-13(17)15-11-4-3-5-18-11/h3-7H,1-2H3,(H2,15,16,17). The number of benzene rings is 1. The molecule has 0 bridgehead atoms. The number of rotatable bonds is 2. The summed E-state index contributed by atoms with van der Waals surface area (Å²) in [4.78, 5) is 11.7. The Hall–Kier alpha value is -1.94. The molecule has 0 unspecified atom stereocenters. The van der Waals surface area contributed by atoms with Gasteiger partial charge < -0.3 is 9.73 Å². The van der Waals surface area contributed by atoms with Crippen LogP contribution in [0.4, 0.5) is 16.4 Å². The molecular formula is C13H13ClN2O2. The van der Waals surface area contributed by atoms with Gasteiger partial charge in [-0.1, -0.05) is 17.7 Å². The molecule has 0 aliphatic rings. The van der Waals surface area contributed by atoms with Crippen LogP contribution in [0.3, 0.4) is 0 Å². The molecule has 0 atom stereocenters. The van der Waals surface area contributed by atoms with Crippen molar-refractivity contribution in [2.45, 2.75) is 13.8 Å². The SMILES string of the molecule is Cc1cc(C)c(NC(=O)Nc2ccco2)c(Cl)c1. The zero-order valence-electron chi connectivity index (χ0n) is 10.1. The van der Waals surface area contributed by atoms with E-state index in [1.54, 1.807) is 18.2 Å². The summed E-state index contributed by atoms with van der Waals surface area (Å²) in [5.41, 5.74) is 2.57. The number of anilines is 2. The van der Waals surface area contributed by atoms with Crippen molar-refractivity contribution in [3.8, 4) is 0 Å². The monoisotopic (exact) mass is 264 g/mol. The predicted octanol–water partition coefficient (Wildman–Crippen LogP) is 4.19. The Morgan fingerprint density at radius 2 is 2.06 bits per heavy atom. The Kier molecular flexibility index (Phi) is 3.58. The second-order valence-corrected chi connectivity index (χ2v) is 4.40. The van der Waals surface area contributed by atoms with E-state index in [0.717, 1.165) is 11.1 Å². The second kappa shape index (κ2) is 5.14. The van der Waals surface area contributed by atoms with E-state index in [4.69, 9.17) is 16.0 Å². The highest BCUT2D eigenvalue weighted by Crippen LogP contribution is 2.27. The van der Waals surface area contributed by atoms with E-state index in [2.05, 4.69) is 10.6 Å². The molecule has 18 heavy (non-hydrogen) atoms. The molecule has 94 valence electrons. The summed E-state index contributed by atoms with van der Waals surface area (Å²) in [6.45, 7) is 3.84. The number of aryl methyl sites for hydroxylation is 2. The summed E-state index contributed by atoms with van der Waals surface area (Å²) in [6.07, 6.45) is 1.49. The predicted molar refractivity (Wildman–Crippen MR) is 72.3 cm³/mol. The number of urea groups is 1. The van der Waals surface area contributed by atoms with Crippen LogP contribution < -0.4 is 10.6 Å². The molecule has 5 heteroatoms. The average Bonchev–Trinajstić information content (AvgIpc) is 2.76. The molecule has 0 saturated carbocycles. The van der Waals surface area contributed by atoms with Gasteiger partial charge in [0.2, 0.25) is 5.88 Å². The fraction of sp³-hybridized carbons (Fsp3) is 0.154. The van der Waals surface area contributed by atoms with E-state index in [9.17, 15) is 4.79 Å². The molecule has 0 spiro atoms. The zero-order valence-corrected chi connectivity index (χ0v) is 10.8. The van der Waals surface area contributed by atoms with Gasteiger partial charge in [-0.15, -0.1) is 0 Å². The molecule has 2 amide bonds. The lowest BCUT2D eigenvalue weighted by atomic mass is 10.1. The van der Waals surface area contributed by atoms with Crippen LogP contribution in [0.25, 0.3) is 0 Å². The first kappa shape index (κ1) is 12.5. The van der Waals surface area contributed by atoms with Crippen molar-refractivity contribution >= 4 is 29.2 Å². The third-order valence-corrected chi connectivity index (χ3v) is 2.73. The van der Waals surface area contributed by atoms with Crippen molar-refractivity contribution in [2.75, 3.05) is 10.6 Å². The maximum absolute atomic E-state index is 11.7. The first-order chi connectivity index (χ1) is 8.56. The largest absolute Gasteiger partial charge is 0.449 e. The van der Waals surface area contributed by atoms with Crippen LogP contribution in [0, 0.1) is 13.8 Å². The Morgan fingerprint density at radius 1 is 1.28 bits per heavy atom. The number of halogens is 1. The Morgan fingerprint density at radius 3 is 2.67 bits per heavy atom. The van der Waals surface area contributed by atoms with Crippen LogP contribution in [0.1, 0.15) is 11.1 Å². The fourth-order valence-electron chi connectivity index (χ4n) is 1.68. The molecule has 0 aliphatic carbocycles. The molecule has 0 radical (unpaired) electrons. The quantitative estimate of drug-likeness (QED) is 0.854. The number of hydrogen-bond acceptors (Lipinski definition) is 2. The van der Waals surface area contributed by atoms with Crippen molar-refractivity contribution in [2.24, 2.45) is 0 Å². The van der Waals surface area contributed by atoms with Gasteiger partial charge in [-0.2, -0.15) is 0 Å². The van der Waals surface area contributed by atoms with E-state index < -0.39 is 0 Å². The number of nitrogens with one attached hydrogen (secondary N) is 2. The number of amides is 2. The van der Waals surface area contributed by atoms with E-state index in [-0.39, 0.29) is 6.03 Å². The Labute approximate surface area is 110 Å². The van der Waals surface area contributed by atoms with Crippen molar-refractivity contribution in [1.82, 2.24) is 0 Å². The number of carbonyl (C=O) groups excluding carboxylic acids is 1. The van der Waals surface area contributed by atoms with E-state index in [1.807, 2.05) is 19.9 Å². The maximum Gasteiger partial charge on any atom is 0.326 e. The van der Waals surface area contributed by atoms with Crippen LogP contribution in [0.15, 0.2) is 34.9 Å². The molecule has 1 aromatic heterocycles. The van der Waals surface area contributed by atoms with Gasteiger partial charge in [-0.3, -0.25) is 5.32 Å². The normalized spacial score (nSPS) is 10.2. The minimum atomic E-state index is -0.390. The second-order valence-electron chi connectivity index (χ2n) is 4.00. The zero-order chi connectivity index (χ0) is 13.1. The molecule has 2 aromatic rings. The van der Waals surface area contributed by atoms with Crippen molar-refractivity contribution in [1.29, 1.82) is 0 Å². The lowest BCUT2D eigenvalue weighted by molar-refractivity contribution is 0.261. The van der Waals surface area contributed by atoms with Gasteiger partial charge in [0.1, 0.15) is 0 Å². The van der Waals surface area contributed by atoms with Crippen LogP contribution in [0.2, 0.25) is 5.02 Å². The van der Waals surface area contributed by atoms with Crippen molar-refractivity contribution < 1.29 is 9.21 Å². The molecule has 0 fully saturated rings. The number of furan rings is 1. The summed E-state index contributed by atoms with van der Waals surface area (Å²) < 4.78 is 5.02. The van der Waals surface area contributed by atoms with Gasteiger partial charge >= 0.3 is 6.03 Å². The van der Waals surface area contributed by atoms with Crippen LogP contribution in [-0.4, -0.2) is 6.03 Å². The van der Waals surface area contributed by atoms with Gasteiger partial charge in [-0.05, 0) is 37.1 Å². The molecule has 0 aliphatic heterocycles. The Bertz CT molecular complexity index is 541. The van der Waals surface area contributed by atoms with Crippen LogP contribution in [-0.2, 0) is 0 Å². The highest BCUT2D eigenvalue weighted by Gasteiger charge is 2.10. The molecule has 1 aromatic carbocycles. The van der Waals surface area contributed by atoms with E-state index in [0.29, 0.717) is 16.6 Å². The smallest absolute Gasteiger partial charge is 0.326 e. The summed E-state index contributed by atoms with van der Waals surface area (Å²) in [5.74, 6) is 0.383. The number of carbonyl (C=O) groups is 1. The van der Waals surface area contributed by atoms with Gasteiger partial charge in [0.25, 0.3) is 0 Å². The van der Waals surface area contributed by atoms with Crippen LogP contribution >= 0.6 is 11.6 Å². The van der Waals surface area contributed by atoms with Crippen molar-refractivity contribution in [3.05, 3.63) is 46.7 Å². The minimum absolute atomic E-state index is 0.383. The van der Waals surface area contributed by atoms with Gasteiger partial charge in [-0.25, -0.2) is 4.79 Å². The van der Waals surface area contributed by atoms with E-state index in [1.165, 1.54) is 6.26 Å². The Balaban J connectivity index is 2.12. The summed E-state index contributed by atoms with van der Waals surface area (Å²) in [5, 5.41) is 5.78. The number of hydrogen-bond donors (Lipinski definition) is 2. The minimum Gasteiger partial charge on any atom is -0.449 e. The third-order valence-electron chi connectivity index (χ3n) is 2.43. The molecule has 4 nitrogen and oxygen atoms in total. The molecule has 2 N–H and O–H groups in total. The molecule has 0 saturated heterocycles. The average molecular weight is 265 g/mol. The van der Waals surface area contributed by atoms with Crippen LogP contribution in [0.5, 0.6) is 0 Å². The lowest BCUT2D eigenvalue weighted by Crippen LogP contribution is -2.19. The lowest BCUT2D eigenvalue weighted by Gasteiger charge is -2.11. The van der Waals surface area contributed by atoms with Gasteiger partial charge in [0.05, 0.1) is 17.0 Å². The molecule has 2 rings (SSSR count). The first-order valence-corrected chi connectivity index (χ1v) is 5.82. The third kappa shape index (κ3) is 2.84.